The lowest BCUT2D eigenvalue weighted by Crippen LogP contribution is -2.38. The third-order valence-corrected chi connectivity index (χ3v) is 4.17. The van der Waals surface area contributed by atoms with Crippen LogP contribution in [0.25, 0.3) is 0 Å². The molecule has 0 radical (unpaired) electrons. The second-order valence-electron chi connectivity index (χ2n) is 5.67. The number of furan rings is 1. The zero-order valence-electron chi connectivity index (χ0n) is 14.1. The number of hydrogen-bond acceptors (Lipinski definition) is 4. The van der Waals surface area contributed by atoms with Crippen molar-refractivity contribution >= 4 is 17.3 Å². The molecule has 2 rings (SSSR count). The molecule has 2 heterocycles. The number of guanidine groups is 1. The summed E-state index contributed by atoms with van der Waals surface area (Å²) >= 11 is 1.68. The SMILES string of the molecule is CCCNC(=NCc1nc(C(C)C)cs1)NCCc1ccco1. The van der Waals surface area contributed by atoms with Crippen LogP contribution in [0.4, 0.5) is 0 Å². The number of nitrogens with zero attached hydrogens (tertiary/aromatic N) is 2. The number of rotatable bonds is 8. The van der Waals surface area contributed by atoms with E-state index in [1.165, 1.54) is 0 Å². The summed E-state index contributed by atoms with van der Waals surface area (Å²) in [5, 5.41) is 9.86. The Balaban J connectivity index is 1.87. The van der Waals surface area contributed by atoms with Gasteiger partial charge in [0.2, 0.25) is 0 Å². The van der Waals surface area contributed by atoms with E-state index in [2.05, 4.69) is 46.8 Å². The van der Waals surface area contributed by atoms with Gasteiger partial charge in [-0.15, -0.1) is 11.3 Å². The van der Waals surface area contributed by atoms with Gasteiger partial charge in [-0.2, -0.15) is 0 Å². The molecule has 0 unspecified atom stereocenters. The fourth-order valence-electron chi connectivity index (χ4n) is 1.99. The van der Waals surface area contributed by atoms with Crippen LogP contribution in [0.1, 0.15) is 49.6 Å². The molecule has 0 saturated heterocycles. The minimum Gasteiger partial charge on any atom is -0.469 e. The highest BCUT2D eigenvalue weighted by Crippen LogP contribution is 2.18. The second kappa shape index (κ2) is 9.35. The largest absolute Gasteiger partial charge is 0.469 e. The molecule has 2 N–H and O–H groups in total. The third kappa shape index (κ3) is 6.06. The smallest absolute Gasteiger partial charge is 0.191 e. The van der Waals surface area contributed by atoms with E-state index >= 15 is 0 Å². The minimum absolute atomic E-state index is 0.466. The Labute approximate surface area is 142 Å². The molecule has 0 atom stereocenters. The van der Waals surface area contributed by atoms with Crippen molar-refractivity contribution in [1.29, 1.82) is 0 Å². The Kier molecular flexibility index (Phi) is 7.13. The Morgan fingerprint density at radius 2 is 2.17 bits per heavy atom. The normalized spacial score (nSPS) is 11.9. The van der Waals surface area contributed by atoms with E-state index in [0.29, 0.717) is 12.5 Å². The summed E-state index contributed by atoms with van der Waals surface area (Å²) < 4.78 is 5.34. The van der Waals surface area contributed by atoms with Gasteiger partial charge in [-0.1, -0.05) is 20.8 Å². The summed E-state index contributed by atoms with van der Waals surface area (Å²) in [6, 6.07) is 3.90. The van der Waals surface area contributed by atoms with Crippen molar-refractivity contribution < 1.29 is 4.42 Å². The summed E-state index contributed by atoms with van der Waals surface area (Å²) in [5.74, 6) is 2.28. The molecular weight excluding hydrogens is 308 g/mol. The average molecular weight is 334 g/mol. The molecule has 126 valence electrons. The van der Waals surface area contributed by atoms with Gasteiger partial charge in [0.25, 0.3) is 0 Å². The Morgan fingerprint density at radius 1 is 1.35 bits per heavy atom. The molecule has 0 aliphatic rings. The summed E-state index contributed by atoms with van der Waals surface area (Å²) in [5.41, 5.74) is 1.15. The lowest BCUT2D eigenvalue weighted by atomic mass is 10.2. The molecular formula is C17H26N4OS. The molecule has 0 aliphatic carbocycles. The van der Waals surface area contributed by atoms with Gasteiger partial charge in [0.05, 0.1) is 18.5 Å². The second-order valence-corrected chi connectivity index (χ2v) is 6.61. The molecule has 0 saturated carbocycles. The van der Waals surface area contributed by atoms with E-state index in [4.69, 9.17) is 4.42 Å². The van der Waals surface area contributed by atoms with E-state index in [1.54, 1.807) is 17.6 Å². The Hall–Kier alpha value is -1.82. The van der Waals surface area contributed by atoms with Crippen LogP contribution in [0, 0.1) is 0 Å². The van der Waals surface area contributed by atoms with Crippen molar-refractivity contribution in [3.8, 4) is 0 Å². The highest BCUT2D eigenvalue weighted by Gasteiger charge is 2.06. The predicted molar refractivity (Wildman–Crippen MR) is 96.1 cm³/mol. The number of nitrogens with one attached hydrogen (secondary N) is 2. The number of aromatic nitrogens is 1. The van der Waals surface area contributed by atoms with Crippen molar-refractivity contribution in [3.63, 3.8) is 0 Å². The molecule has 2 aromatic rings. The molecule has 0 aliphatic heterocycles. The summed E-state index contributed by atoms with van der Waals surface area (Å²) in [6.45, 7) is 8.76. The van der Waals surface area contributed by atoms with Gasteiger partial charge in [0.1, 0.15) is 10.8 Å². The van der Waals surface area contributed by atoms with Crippen LogP contribution in [0.2, 0.25) is 0 Å². The first kappa shape index (κ1) is 17.5. The zero-order valence-corrected chi connectivity index (χ0v) is 14.9. The third-order valence-electron chi connectivity index (χ3n) is 3.32. The molecule has 0 spiro atoms. The molecule has 0 amide bonds. The van der Waals surface area contributed by atoms with Crippen LogP contribution in [-0.2, 0) is 13.0 Å². The number of aliphatic imine (C=N–C) groups is 1. The fourth-order valence-corrected chi connectivity index (χ4v) is 2.87. The lowest BCUT2D eigenvalue weighted by molar-refractivity contribution is 0.506. The Bertz CT molecular complexity index is 590. The topological polar surface area (TPSA) is 62.5 Å². The molecule has 2 aromatic heterocycles. The zero-order chi connectivity index (χ0) is 16.5. The maximum Gasteiger partial charge on any atom is 0.191 e. The average Bonchev–Trinajstić information content (AvgIpc) is 3.20. The fraction of sp³-hybridized carbons (Fsp3) is 0.529. The van der Waals surface area contributed by atoms with Crippen molar-refractivity contribution in [1.82, 2.24) is 15.6 Å². The van der Waals surface area contributed by atoms with E-state index in [0.717, 1.165) is 48.4 Å². The van der Waals surface area contributed by atoms with Crippen molar-refractivity contribution in [2.24, 2.45) is 4.99 Å². The molecule has 0 fully saturated rings. The molecule has 23 heavy (non-hydrogen) atoms. The van der Waals surface area contributed by atoms with Gasteiger partial charge in [0.15, 0.2) is 5.96 Å². The van der Waals surface area contributed by atoms with Crippen LogP contribution >= 0.6 is 11.3 Å². The van der Waals surface area contributed by atoms with Gasteiger partial charge in [-0.05, 0) is 24.5 Å². The molecule has 0 bridgehead atoms. The molecule has 0 aromatic carbocycles. The van der Waals surface area contributed by atoms with Gasteiger partial charge >= 0.3 is 0 Å². The van der Waals surface area contributed by atoms with Crippen LogP contribution in [-0.4, -0.2) is 24.0 Å². The highest BCUT2D eigenvalue weighted by atomic mass is 32.1. The van der Waals surface area contributed by atoms with E-state index in [1.807, 2.05) is 12.1 Å². The van der Waals surface area contributed by atoms with E-state index in [-0.39, 0.29) is 0 Å². The summed E-state index contributed by atoms with van der Waals surface area (Å²) in [7, 11) is 0. The van der Waals surface area contributed by atoms with Crippen molar-refractivity contribution in [3.05, 3.63) is 40.2 Å². The van der Waals surface area contributed by atoms with Crippen LogP contribution in [0.5, 0.6) is 0 Å². The van der Waals surface area contributed by atoms with Crippen molar-refractivity contribution in [2.75, 3.05) is 13.1 Å². The first-order valence-electron chi connectivity index (χ1n) is 8.18. The lowest BCUT2D eigenvalue weighted by Gasteiger charge is -2.11. The quantitative estimate of drug-likeness (QED) is 0.572. The van der Waals surface area contributed by atoms with Crippen LogP contribution in [0.3, 0.4) is 0 Å². The first-order chi connectivity index (χ1) is 11.2. The minimum atomic E-state index is 0.466. The maximum absolute atomic E-state index is 5.34. The maximum atomic E-state index is 5.34. The predicted octanol–water partition coefficient (Wildman–Crippen LogP) is 3.55. The standard InChI is InChI=1S/C17H26N4OS/c1-4-8-18-17(19-9-7-14-6-5-10-22-14)20-11-16-21-15(12-23-16)13(2)3/h5-6,10,12-13H,4,7-9,11H2,1-3H3,(H2,18,19,20). The number of hydrogen-bond donors (Lipinski definition) is 2. The Morgan fingerprint density at radius 3 is 2.83 bits per heavy atom. The molecule has 5 nitrogen and oxygen atoms in total. The first-order valence-corrected chi connectivity index (χ1v) is 9.06. The van der Waals surface area contributed by atoms with Crippen molar-refractivity contribution in [2.45, 2.75) is 46.1 Å². The molecule has 6 heteroatoms. The van der Waals surface area contributed by atoms with Gasteiger partial charge < -0.3 is 15.1 Å². The van der Waals surface area contributed by atoms with Crippen LogP contribution < -0.4 is 10.6 Å². The highest BCUT2D eigenvalue weighted by molar-refractivity contribution is 7.09. The van der Waals surface area contributed by atoms with Crippen LogP contribution in [0.15, 0.2) is 33.2 Å². The van der Waals surface area contributed by atoms with Gasteiger partial charge in [-0.3, -0.25) is 0 Å². The van der Waals surface area contributed by atoms with Gasteiger partial charge in [0, 0.05) is 24.9 Å². The summed E-state index contributed by atoms with van der Waals surface area (Å²) in [6.07, 6.45) is 3.61. The van der Waals surface area contributed by atoms with Gasteiger partial charge in [-0.25, -0.2) is 9.98 Å². The summed E-state index contributed by atoms with van der Waals surface area (Å²) in [4.78, 5) is 9.26. The number of thiazole rings is 1. The van der Waals surface area contributed by atoms with E-state index < -0.39 is 0 Å². The van der Waals surface area contributed by atoms with E-state index in [9.17, 15) is 0 Å². The monoisotopic (exact) mass is 334 g/mol.